The van der Waals surface area contributed by atoms with E-state index >= 15 is 0 Å². The van der Waals surface area contributed by atoms with Crippen molar-refractivity contribution in [2.75, 3.05) is 6.61 Å². The van der Waals surface area contributed by atoms with Gasteiger partial charge in [-0.1, -0.05) is 18.2 Å². The van der Waals surface area contributed by atoms with Gasteiger partial charge >= 0.3 is 5.97 Å². The minimum absolute atomic E-state index is 0.0168. The van der Waals surface area contributed by atoms with Crippen LogP contribution in [-0.2, 0) is 4.74 Å². The van der Waals surface area contributed by atoms with Crippen LogP contribution in [-0.4, -0.2) is 33.1 Å². The molecule has 7 heteroatoms. The van der Waals surface area contributed by atoms with Crippen LogP contribution >= 0.6 is 0 Å². The first-order chi connectivity index (χ1) is 12.0. The smallest absolute Gasteiger partial charge is 0.359 e. The largest absolute Gasteiger partial charge is 0.452 e. The first-order valence-corrected chi connectivity index (χ1v) is 7.84. The number of nitrogens with zero attached hydrogens (tertiary/aromatic N) is 2. The van der Waals surface area contributed by atoms with E-state index in [0.717, 1.165) is 0 Å². The van der Waals surface area contributed by atoms with Gasteiger partial charge in [0.15, 0.2) is 12.3 Å². The Labute approximate surface area is 143 Å². The van der Waals surface area contributed by atoms with Gasteiger partial charge in [-0.25, -0.2) is 9.48 Å². The lowest BCUT2D eigenvalue weighted by Gasteiger charge is -2.12. The normalized spacial score (nSPS) is 11.0. The van der Waals surface area contributed by atoms with Crippen LogP contribution in [0.1, 0.15) is 40.9 Å². The molecule has 0 fully saturated rings. The molecule has 25 heavy (non-hydrogen) atoms. The average Bonchev–Trinajstić information content (AvgIpc) is 3.14. The quantitative estimate of drug-likeness (QED) is 0.569. The molecular weight excluding hydrogens is 322 g/mol. The highest BCUT2D eigenvalue weighted by atomic mass is 16.5. The number of ether oxygens (including phenoxy) is 1. The number of hydrogen-bond acceptors (Lipinski definition) is 5. The highest BCUT2D eigenvalue weighted by molar-refractivity contribution is 6.03. The van der Waals surface area contributed by atoms with Crippen LogP contribution < -0.4 is 5.56 Å². The lowest BCUT2D eigenvalue weighted by atomic mass is 10.1. The van der Waals surface area contributed by atoms with Crippen molar-refractivity contribution in [3.05, 3.63) is 64.3 Å². The number of aromatic nitrogens is 3. The van der Waals surface area contributed by atoms with Crippen molar-refractivity contribution in [3.63, 3.8) is 0 Å². The fraction of sp³-hybridized carbons (Fsp3) is 0.222. The molecule has 0 radical (unpaired) electrons. The average molecular weight is 339 g/mol. The number of esters is 1. The molecule has 3 rings (SSSR count). The Bertz CT molecular complexity index is 987. The number of carbonyl (C=O) groups excluding carboxylic acids is 2. The molecule has 0 aliphatic carbocycles. The van der Waals surface area contributed by atoms with Gasteiger partial charge in [0.2, 0.25) is 5.78 Å². The minimum atomic E-state index is -0.745. The molecule has 0 spiro atoms. The van der Waals surface area contributed by atoms with E-state index in [-0.39, 0.29) is 23.1 Å². The van der Waals surface area contributed by atoms with Crippen LogP contribution in [0.4, 0.5) is 0 Å². The number of rotatable bonds is 5. The number of nitrogens with one attached hydrogen (secondary N) is 1. The van der Waals surface area contributed by atoms with E-state index in [1.807, 2.05) is 0 Å². The van der Waals surface area contributed by atoms with Crippen molar-refractivity contribution in [3.8, 4) is 0 Å². The second-order valence-electron chi connectivity index (χ2n) is 5.82. The number of fused-ring (bicyclic) bond motifs is 1. The van der Waals surface area contributed by atoms with Gasteiger partial charge in [-0.15, -0.1) is 0 Å². The van der Waals surface area contributed by atoms with Crippen molar-refractivity contribution < 1.29 is 14.3 Å². The van der Waals surface area contributed by atoms with E-state index < -0.39 is 12.6 Å². The zero-order valence-corrected chi connectivity index (χ0v) is 13.9. The maximum Gasteiger partial charge on any atom is 0.359 e. The Morgan fingerprint density at radius 2 is 1.88 bits per heavy atom. The summed E-state index contributed by atoms with van der Waals surface area (Å²) in [5.41, 5.74) is 0.102. The summed E-state index contributed by atoms with van der Waals surface area (Å²) >= 11 is 0. The van der Waals surface area contributed by atoms with Crippen LogP contribution in [0, 0.1) is 0 Å². The zero-order chi connectivity index (χ0) is 18.0. The van der Waals surface area contributed by atoms with Crippen molar-refractivity contribution in [2.24, 2.45) is 0 Å². The number of benzene rings is 1. The molecule has 2 heterocycles. The molecule has 0 saturated carbocycles. The van der Waals surface area contributed by atoms with Gasteiger partial charge in [0.25, 0.3) is 5.56 Å². The molecular formula is C18H17N3O4. The van der Waals surface area contributed by atoms with Crippen molar-refractivity contribution in [1.82, 2.24) is 14.8 Å². The van der Waals surface area contributed by atoms with Crippen LogP contribution in [0.3, 0.4) is 0 Å². The summed E-state index contributed by atoms with van der Waals surface area (Å²) in [7, 11) is 0. The third-order valence-corrected chi connectivity index (χ3v) is 3.74. The Balaban J connectivity index is 1.94. The lowest BCUT2D eigenvalue weighted by Crippen LogP contribution is -2.28. The Morgan fingerprint density at radius 3 is 2.52 bits per heavy atom. The van der Waals surface area contributed by atoms with E-state index in [2.05, 4.69) is 10.1 Å². The van der Waals surface area contributed by atoms with Gasteiger partial charge in [-0.3, -0.25) is 9.59 Å². The molecule has 0 saturated heterocycles. The predicted octanol–water partition coefficient (Wildman–Crippen LogP) is 2.35. The van der Waals surface area contributed by atoms with Gasteiger partial charge in [0.05, 0.1) is 17.1 Å². The third kappa shape index (κ3) is 3.21. The molecule has 0 amide bonds. The Hall–Kier alpha value is -3.22. The first kappa shape index (κ1) is 16.6. The molecule has 1 N–H and O–H groups in total. The van der Waals surface area contributed by atoms with Gasteiger partial charge in [-0.2, -0.15) is 5.10 Å². The van der Waals surface area contributed by atoms with E-state index in [4.69, 9.17) is 4.74 Å². The van der Waals surface area contributed by atoms with Crippen LogP contribution in [0.2, 0.25) is 0 Å². The third-order valence-electron chi connectivity index (χ3n) is 3.74. The fourth-order valence-electron chi connectivity index (χ4n) is 2.49. The van der Waals surface area contributed by atoms with Gasteiger partial charge < -0.3 is 9.72 Å². The first-order valence-electron chi connectivity index (χ1n) is 7.84. The molecule has 0 atom stereocenters. The summed E-state index contributed by atoms with van der Waals surface area (Å²) in [4.78, 5) is 39.6. The maximum absolute atomic E-state index is 12.5. The second kappa shape index (κ2) is 6.72. The standard InChI is InChI=1S/C18H17N3O4/c1-11(2)21-17(23)13-7-4-3-6-12(13)16(20-21)18(24)25-10-15(22)14-8-5-9-19-14/h3-9,11,19H,10H2,1-2H3. The van der Waals surface area contributed by atoms with Crippen LogP contribution in [0.25, 0.3) is 10.8 Å². The summed E-state index contributed by atoms with van der Waals surface area (Å²) in [6.07, 6.45) is 1.61. The van der Waals surface area contributed by atoms with E-state index in [1.54, 1.807) is 56.4 Å². The fourth-order valence-corrected chi connectivity index (χ4v) is 2.49. The molecule has 2 aromatic heterocycles. The summed E-state index contributed by atoms with van der Waals surface area (Å²) in [5.74, 6) is -1.09. The second-order valence-corrected chi connectivity index (χ2v) is 5.82. The minimum Gasteiger partial charge on any atom is -0.452 e. The van der Waals surface area contributed by atoms with E-state index in [0.29, 0.717) is 16.5 Å². The number of ketones is 1. The zero-order valence-electron chi connectivity index (χ0n) is 13.9. The highest BCUT2D eigenvalue weighted by Gasteiger charge is 2.20. The SMILES string of the molecule is CC(C)n1nc(C(=O)OCC(=O)c2ccc[nH]2)c2ccccc2c1=O. The Morgan fingerprint density at radius 1 is 1.16 bits per heavy atom. The topological polar surface area (TPSA) is 94.1 Å². The van der Waals surface area contributed by atoms with Gasteiger partial charge in [0.1, 0.15) is 0 Å². The van der Waals surface area contributed by atoms with Crippen LogP contribution in [0.15, 0.2) is 47.4 Å². The molecule has 1 aromatic carbocycles. The highest BCUT2D eigenvalue weighted by Crippen LogP contribution is 2.16. The molecule has 128 valence electrons. The number of carbonyl (C=O) groups is 2. The summed E-state index contributed by atoms with van der Waals surface area (Å²) in [5, 5.41) is 4.94. The number of Topliss-reactive ketones (excluding diaryl/α,β-unsaturated/α-hetero) is 1. The Kier molecular flexibility index (Phi) is 4.47. The van der Waals surface area contributed by atoms with Crippen molar-refractivity contribution in [1.29, 1.82) is 0 Å². The van der Waals surface area contributed by atoms with E-state index in [1.165, 1.54) is 4.68 Å². The predicted molar refractivity (Wildman–Crippen MR) is 91.8 cm³/mol. The van der Waals surface area contributed by atoms with Crippen molar-refractivity contribution >= 4 is 22.5 Å². The molecule has 7 nitrogen and oxygen atoms in total. The van der Waals surface area contributed by atoms with Gasteiger partial charge in [-0.05, 0) is 32.0 Å². The monoisotopic (exact) mass is 339 g/mol. The summed E-state index contributed by atoms with van der Waals surface area (Å²) in [6, 6.07) is 9.77. The summed E-state index contributed by atoms with van der Waals surface area (Å²) in [6.45, 7) is 3.19. The molecule has 0 aliphatic rings. The number of aromatic amines is 1. The maximum atomic E-state index is 12.5. The van der Waals surface area contributed by atoms with E-state index in [9.17, 15) is 14.4 Å². The molecule has 0 aliphatic heterocycles. The molecule has 0 unspecified atom stereocenters. The molecule has 0 bridgehead atoms. The molecule has 3 aromatic rings. The van der Waals surface area contributed by atoms with Crippen LogP contribution in [0.5, 0.6) is 0 Å². The number of H-pyrrole nitrogens is 1. The van der Waals surface area contributed by atoms with Crippen molar-refractivity contribution in [2.45, 2.75) is 19.9 Å². The number of hydrogen-bond donors (Lipinski definition) is 1. The van der Waals surface area contributed by atoms with Gasteiger partial charge in [0, 0.05) is 11.6 Å². The lowest BCUT2D eigenvalue weighted by molar-refractivity contribution is 0.0467. The summed E-state index contributed by atoms with van der Waals surface area (Å²) < 4.78 is 6.35.